The summed E-state index contributed by atoms with van der Waals surface area (Å²) in [6.07, 6.45) is 0. The zero-order valence-corrected chi connectivity index (χ0v) is 11.3. The number of hydrogen-bond donors (Lipinski definition) is 2. The Hall–Kier alpha value is -2.17. The lowest BCUT2D eigenvalue weighted by Crippen LogP contribution is -2.36. The molecule has 0 spiro atoms. The van der Waals surface area contributed by atoms with Crippen molar-refractivity contribution in [3.63, 3.8) is 0 Å². The minimum Gasteiger partial charge on any atom is -0.322 e. The van der Waals surface area contributed by atoms with Gasteiger partial charge in [-0.3, -0.25) is 4.79 Å². The molecule has 2 aromatic carbocycles. The van der Waals surface area contributed by atoms with Crippen molar-refractivity contribution in [2.75, 3.05) is 11.9 Å². The number of nitrogens with zero attached hydrogens (tertiary/aromatic N) is 1. The lowest BCUT2D eigenvalue weighted by atomic mass is 9.88. The third-order valence-electron chi connectivity index (χ3n) is 3.90. The van der Waals surface area contributed by atoms with E-state index in [1.54, 1.807) is 18.0 Å². The van der Waals surface area contributed by atoms with Gasteiger partial charge in [0.2, 0.25) is 0 Å². The summed E-state index contributed by atoms with van der Waals surface area (Å²) in [5.41, 5.74) is 15.7. The number of fused-ring (bicyclic) bond motifs is 2. The fourth-order valence-corrected chi connectivity index (χ4v) is 2.73. The van der Waals surface area contributed by atoms with Crippen LogP contribution in [0.4, 0.5) is 5.69 Å². The molecule has 1 aliphatic rings. The Kier molecular flexibility index (Phi) is 3.04. The van der Waals surface area contributed by atoms with Gasteiger partial charge in [0.05, 0.1) is 6.04 Å². The summed E-state index contributed by atoms with van der Waals surface area (Å²) in [5, 5.41) is 0. The number of nitrogens with two attached hydrogens (primary N) is 2. The van der Waals surface area contributed by atoms with Crippen LogP contribution in [0.25, 0.3) is 0 Å². The molecular formula is C16H17N3O. The van der Waals surface area contributed by atoms with E-state index in [-0.39, 0.29) is 11.9 Å². The molecular weight excluding hydrogens is 250 g/mol. The molecule has 0 fully saturated rings. The van der Waals surface area contributed by atoms with Gasteiger partial charge in [0, 0.05) is 24.3 Å². The van der Waals surface area contributed by atoms with Crippen molar-refractivity contribution >= 4 is 11.6 Å². The molecule has 0 aromatic heterocycles. The van der Waals surface area contributed by atoms with Gasteiger partial charge in [-0.2, -0.15) is 0 Å². The highest BCUT2D eigenvalue weighted by Gasteiger charge is 2.30. The SMILES string of the molecule is CN1C(=O)c2ccccc2C(N)C(N)c2ccccc21. The van der Waals surface area contributed by atoms with Gasteiger partial charge in [0.25, 0.3) is 5.91 Å². The lowest BCUT2D eigenvalue weighted by molar-refractivity contribution is 0.0990. The van der Waals surface area contributed by atoms with Gasteiger partial charge in [0.1, 0.15) is 0 Å². The molecule has 0 radical (unpaired) electrons. The summed E-state index contributed by atoms with van der Waals surface area (Å²) >= 11 is 0. The largest absolute Gasteiger partial charge is 0.322 e. The van der Waals surface area contributed by atoms with E-state index >= 15 is 0 Å². The molecule has 1 heterocycles. The van der Waals surface area contributed by atoms with Crippen LogP contribution in [0.5, 0.6) is 0 Å². The highest BCUT2D eigenvalue weighted by molar-refractivity contribution is 6.07. The molecule has 2 aromatic rings. The van der Waals surface area contributed by atoms with E-state index in [2.05, 4.69) is 0 Å². The molecule has 0 saturated carbocycles. The summed E-state index contributed by atoms with van der Waals surface area (Å²) in [6.45, 7) is 0. The van der Waals surface area contributed by atoms with Crippen LogP contribution in [0.2, 0.25) is 0 Å². The van der Waals surface area contributed by atoms with E-state index in [1.165, 1.54) is 0 Å². The minimum atomic E-state index is -0.398. The van der Waals surface area contributed by atoms with Gasteiger partial charge in [-0.25, -0.2) is 0 Å². The van der Waals surface area contributed by atoms with Gasteiger partial charge in [-0.1, -0.05) is 36.4 Å². The molecule has 0 bridgehead atoms. The molecule has 4 N–H and O–H groups in total. The quantitative estimate of drug-likeness (QED) is 0.766. The van der Waals surface area contributed by atoms with Gasteiger partial charge in [-0.05, 0) is 23.3 Å². The molecule has 0 saturated heterocycles. The van der Waals surface area contributed by atoms with Gasteiger partial charge < -0.3 is 16.4 Å². The number of carbonyl (C=O) groups is 1. The third-order valence-corrected chi connectivity index (χ3v) is 3.90. The Morgan fingerprint density at radius 3 is 2.20 bits per heavy atom. The standard InChI is InChI=1S/C16H17N3O/c1-19-13-9-5-4-8-12(13)15(18)14(17)10-6-2-3-7-11(10)16(19)20/h2-9,14-15H,17-18H2,1H3. The minimum absolute atomic E-state index is 0.0598. The average molecular weight is 267 g/mol. The van der Waals surface area contributed by atoms with Crippen molar-refractivity contribution in [2.45, 2.75) is 12.1 Å². The van der Waals surface area contributed by atoms with Crippen LogP contribution in [0.3, 0.4) is 0 Å². The van der Waals surface area contributed by atoms with Gasteiger partial charge in [-0.15, -0.1) is 0 Å². The van der Waals surface area contributed by atoms with Crippen LogP contribution >= 0.6 is 0 Å². The zero-order chi connectivity index (χ0) is 14.3. The first kappa shape index (κ1) is 12.8. The van der Waals surface area contributed by atoms with Crippen molar-refractivity contribution in [2.24, 2.45) is 11.5 Å². The smallest absolute Gasteiger partial charge is 0.258 e. The summed E-state index contributed by atoms with van der Waals surface area (Å²) in [6, 6.07) is 14.3. The first-order valence-corrected chi connectivity index (χ1v) is 6.58. The number of para-hydroxylation sites is 1. The number of rotatable bonds is 0. The average Bonchev–Trinajstić information content (AvgIpc) is 2.51. The van der Waals surface area contributed by atoms with Crippen LogP contribution in [0, 0.1) is 0 Å². The van der Waals surface area contributed by atoms with Crippen LogP contribution < -0.4 is 16.4 Å². The Bertz CT molecular complexity index is 668. The maximum atomic E-state index is 12.6. The lowest BCUT2D eigenvalue weighted by Gasteiger charge is -2.31. The highest BCUT2D eigenvalue weighted by atomic mass is 16.2. The summed E-state index contributed by atoms with van der Waals surface area (Å²) in [4.78, 5) is 14.3. The first-order chi connectivity index (χ1) is 9.61. The van der Waals surface area contributed by atoms with E-state index in [1.807, 2.05) is 42.5 Å². The maximum absolute atomic E-state index is 12.6. The molecule has 2 atom stereocenters. The van der Waals surface area contributed by atoms with E-state index in [9.17, 15) is 4.79 Å². The third kappa shape index (κ3) is 1.81. The second-order valence-electron chi connectivity index (χ2n) is 5.06. The Morgan fingerprint density at radius 1 is 0.900 bits per heavy atom. The van der Waals surface area contributed by atoms with Crippen LogP contribution in [-0.2, 0) is 0 Å². The fraction of sp³-hybridized carbons (Fsp3) is 0.188. The molecule has 1 aliphatic heterocycles. The monoisotopic (exact) mass is 267 g/mol. The summed E-state index contributed by atoms with van der Waals surface area (Å²) in [5.74, 6) is -0.0598. The first-order valence-electron chi connectivity index (χ1n) is 6.58. The summed E-state index contributed by atoms with van der Waals surface area (Å²) in [7, 11) is 1.77. The molecule has 0 aliphatic carbocycles. The molecule has 20 heavy (non-hydrogen) atoms. The number of amides is 1. The molecule has 2 unspecified atom stereocenters. The topological polar surface area (TPSA) is 72.3 Å². The number of benzene rings is 2. The Morgan fingerprint density at radius 2 is 1.45 bits per heavy atom. The molecule has 1 amide bonds. The van der Waals surface area contributed by atoms with Crippen molar-refractivity contribution in [3.05, 3.63) is 65.2 Å². The Labute approximate surface area is 118 Å². The van der Waals surface area contributed by atoms with Crippen LogP contribution in [-0.4, -0.2) is 13.0 Å². The fourth-order valence-electron chi connectivity index (χ4n) is 2.73. The predicted octanol–water partition coefficient (Wildman–Crippen LogP) is 1.98. The zero-order valence-electron chi connectivity index (χ0n) is 11.3. The van der Waals surface area contributed by atoms with Gasteiger partial charge >= 0.3 is 0 Å². The molecule has 4 nitrogen and oxygen atoms in total. The predicted molar refractivity (Wildman–Crippen MR) is 79.5 cm³/mol. The van der Waals surface area contributed by atoms with Crippen LogP contribution in [0.15, 0.2) is 48.5 Å². The van der Waals surface area contributed by atoms with Crippen molar-refractivity contribution in [1.82, 2.24) is 0 Å². The van der Waals surface area contributed by atoms with Gasteiger partial charge in [0.15, 0.2) is 0 Å². The maximum Gasteiger partial charge on any atom is 0.258 e. The van der Waals surface area contributed by atoms with Crippen LogP contribution in [0.1, 0.15) is 33.6 Å². The molecule has 102 valence electrons. The molecule has 4 heteroatoms. The number of hydrogen-bond acceptors (Lipinski definition) is 3. The normalized spacial score (nSPS) is 21.8. The highest BCUT2D eigenvalue weighted by Crippen LogP contribution is 2.36. The van der Waals surface area contributed by atoms with Crippen molar-refractivity contribution in [3.8, 4) is 0 Å². The summed E-state index contributed by atoms with van der Waals surface area (Å²) < 4.78 is 0. The second-order valence-corrected chi connectivity index (χ2v) is 5.06. The van der Waals surface area contributed by atoms with E-state index in [0.717, 1.165) is 16.8 Å². The van der Waals surface area contributed by atoms with Crippen molar-refractivity contribution < 1.29 is 4.79 Å². The Balaban J connectivity index is 2.25. The van der Waals surface area contributed by atoms with Crippen molar-refractivity contribution in [1.29, 1.82) is 0 Å². The molecule has 3 rings (SSSR count). The van der Waals surface area contributed by atoms with E-state index in [0.29, 0.717) is 5.56 Å². The van der Waals surface area contributed by atoms with E-state index < -0.39 is 6.04 Å². The second kappa shape index (κ2) is 4.74. The number of carbonyl (C=O) groups excluding carboxylic acids is 1. The van der Waals surface area contributed by atoms with E-state index in [4.69, 9.17) is 11.5 Å². The number of anilines is 1.